The minimum Gasteiger partial charge on any atom is -0.491 e. The van der Waals surface area contributed by atoms with E-state index >= 15 is 0 Å². The quantitative estimate of drug-likeness (QED) is 0.339. The van der Waals surface area contributed by atoms with Gasteiger partial charge in [0.15, 0.2) is 0 Å². The number of para-hydroxylation sites is 1. The number of ether oxygens (including phenoxy) is 1. The zero-order chi connectivity index (χ0) is 26.1. The third-order valence-corrected chi connectivity index (χ3v) is 6.44. The predicted molar refractivity (Wildman–Crippen MR) is 133 cm³/mol. The van der Waals surface area contributed by atoms with E-state index in [1.54, 1.807) is 35.6 Å². The van der Waals surface area contributed by atoms with Crippen molar-refractivity contribution in [3.05, 3.63) is 45.9 Å². The molecule has 12 heteroatoms. The van der Waals surface area contributed by atoms with Gasteiger partial charge >= 0.3 is 0 Å². The van der Waals surface area contributed by atoms with Gasteiger partial charge < -0.3 is 31.1 Å². The highest BCUT2D eigenvalue weighted by Gasteiger charge is 2.30. The molecule has 1 aromatic heterocycles. The fourth-order valence-electron chi connectivity index (χ4n) is 3.59. The second kappa shape index (κ2) is 13.0. The van der Waals surface area contributed by atoms with E-state index in [0.29, 0.717) is 19.4 Å². The van der Waals surface area contributed by atoms with E-state index in [0.717, 1.165) is 10.7 Å². The smallest absolute Gasteiger partial charge is 0.255 e. The Morgan fingerprint density at radius 2 is 2.06 bits per heavy atom. The van der Waals surface area contributed by atoms with Gasteiger partial charge in [-0.25, -0.2) is 4.98 Å². The molecule has 0 spiro atoms. The summed E-state index contributed by atoms with van der Waals surface area (Å²) in [6.07, 6.45) is -0.290. The highest BCUT2D eigenvalue weighted by molar-refractivity contribution is 7.09. The van der Waals surface area contributed by atoms with Crippen molar-refractivity contribution in [2.24, 2.45) is 0 Å². The number of aromatic nitrogens is 1. The fourth-order valence-corrected chi connectivity index (χ4v) is 4.40. The first-order chi connectivity index (χ1) is 17.2. The minimum atomic E-state index is -1.23. The lowest BCUT2D eigenvalue weighted by Gasteiger charge is -2.24. The molecule has 1 aromatic carbocycles. The van der Waals surface area contributed by atoms with Crippen molar-refractivity contribution in [3.8, 4) is 5.75 Å². The normalized spacial score (nSPS) is 20.0. The van der Waals surface area contributed by atoms with Crippen molar-refractivity contribution in [2.75, 3.05) is 19.7 Å². The molecule has 0 bridgehead atoms. The van der Waals surface area contributed by atoms with Gasteiger partial charge in [-0.2, -0.15) is 0 Å². The summed E-state index contributed by atoms with van der Waals surface area (Å²) < 4.78 is 5.66. The molecule has 0 saturated carbocycles. The molecular formula is C24H31N5O6S. The third-order valence-electron chi connectivity index (χ3n) is 5.42. The molecule has 2 heterocycles. The van der Waals surface area contributed by atoms with Gasteiger partial charge in [-0.15, -0.1) is 11.3 Å². The van der Waals surface area contributed by atoms with Gasteiger partial charge in [0.25, 0.3) is 5.91 Å². The lowest BCUT2D eigenvalue weighted by atomic mass is 10.1. The summed E-state index contributed by atoms with van der Waals surface area (Å²) in [5, 5.41) is 23.3. The van der Waals surface area contributed by atoms with Crippen molar-refractivity contribution in [1.82, 2.24) is 26.3 Å². The van der Waals surface area contributed by atoms with E-state index in [1.165, 1.54) is 6.92 Å². The Hall–Kier alpha value is -3.51. The van der Waals surface area contributed by atoms with Crippen LogP contribution in [0.5, 0.6) is 5.75 Å². The van der Waals surface area contributed by atoms with Crippen molar-refractivity contribution in [2.45, 2.75) is 51.3 Å². The number of hydrogen-bond acceptors (Lipinski definition) is 8. The van der Waals surface area contributed by atoms with Gasteiger partial charge in [-0.05, 0) is 32.4 Å². The summed E-state index contributed by atoms with van der Waals surface area (Å²) in [4.78, 5) is 55.6. The Morgan fingerprint density at radius 3 is 2.78 bits per heavy atom. The molecule has 0 saturated heterocycles. The molecule has 3 rings (SSSR count). The summed E-state index contributed by atoms with van der Waals surface area (Å²) in [5.41, 5.74) is 1.14. The maximum Gasteiger partial charge on any atom is 0.255 e. The van der Waals surface area contributed by atoms with Crippen molar-refractivity contribution in [1.29, 1.82) is 0 Å². The monoisotopic (exact) mass is 517 g/mol. The number of fused-ring (bicyclic) bond motifs is 1. The first-order valence-electron chi connectivity index (χ1n) is 11.7. The average Bonchev–Trinajstić information content (AvgIpc) is 3.26. The summed E-state index contributed by atoms with van der Waals surface area (Å²) in [6.45, 7) is 3.76. The number of amides is 4. The van der Waals surface area contributed by atoms with Gasteiger partial charge in [0, 0.05) is 24.0 Å². The van der Waals surface area contributed by atoms with Crippen LogP contribution in [0.1, 0.15) is 40.8 Å². The van der Waals surface area contributed by atoms with Crippen LogP contribution in [0.3, 0.4) is 0 Å². The molecule has 1 aliphatic heterocycles. The van der Waals surface area contributed by atoms with Crippen LogP contribution < -0.4 is 26.0 Å². The SMILES string of the molecule is Cc1csc(CCCNC(=O)[C@@H]2CC(=O)N[C@@H]([C@@H](C)O)C(=O)NCCOc3ccccc3C(=O)N2)n1. The van der Waals surface area contributed by atoms with Crippen LogP contribution in [0.25, 0.3) is 0 Å². The number of carbonyl (C=O) groups is 4. The number of nitrogens with zero attached hydrogens (tertiary/aromatic N) is 1. The molecule has 0 radical (unpaired) electrons. The highest BCUT2D eigenvalue weighted by atomic mass is 32.1. The molecule has 2 aromatic rings. The largest absolute Gasteiger partial charge is 0.491 e. The predicted octanol–water partition coefficient (Wildman–Crippen LogP) is 0.0632. The van der Waals surface area contributed by atoms with Crippen molar-refractivity contribution >= 4 is 35.0 Å². The number of aliphatic hydroxyl groups is 1. The molecule has 5 N–H and O–H groups in total. The van der Waals surface area contributed by atoms with E-state index in [-0.39, 0.29) is 24.5 Å². The van der Waals surface area contributed by atoms with Gasteiger partial charge in [0.1, 0.15) is 24.4 Å². The molecule has 0 aliphatic carbocycles. The van der Waals surface area contributed by atoms with Gasteiger partial charge in [-0.1, -0.05) is 12.1 Å². The van der Waals surface area contributed by atoms with Gasteiger partial charge in [0.05, 0.1) is 29.6 Å². The van der Waals surface area contributed by atoms with Gasteiger partial charge in [0.2, 0.25) is 17.7 Å². The van der Waals surface area contributed by atoms with E-state index in [1.807, 2.05) is 12.3 Å². The van der Waals surface area contributed by atoms with E-state index in [4.69, 9.17) is 4.74 Å². The standard InChI is InChI=1S/C24H31N5O6S/c1-14-13-36-20(27-14)8-5-9-25-23(33)17-12-19(31)29-21(15(2)30)24(34)26-10-11-35-18-7-4-3-6-16(18)22(32)28-17/h3-4,6-7,13,15,17,21,30H,5,8-12H2,1-2H3,(H,25,33)(H,26,34)(H,28,32)(H,29,31)/t15-,17+,21+/m1/s1. The average molecular weight is 518 g/mol. The number of nitrogens with one attached hydrogen (secondary N) is 4. The summed E-state index contributed by atoms with van der Waals surface area (Å²) in [7, 11) is 0. The van der Waals surface area contributed by atoms with E-state index in [9.17, 15) is 24.3 Å². The molecule has 194 valence electrons. The summed E-state index contributed by atoms with van der Waals surface area (Å²) >= 11 is 1.55. The maximum atomic E-state index is 13.0. The molecule has 1 aliphatic rings. The topological polar surface area (TPSA) is 159 Å². The molecular weight excluding hydrogens is 486 g/mol. The van der Waals surface area contributed by atoms with Gasteiger partial charge in [-0.3, -0.25) is 19.2 Å². The van der Waals surface area contributed by atoms with Crippen LogP contribution in [0.4, 0.5) is 0 Å². The molecule has 3 atom stereocenters. The zero-order valence-corrected chi connectivity index (χ0v) is 21.0. The zero-order valence-electron chi connectivity index (χ0n) is 20.2. The first kappa shape index (κ1) is 27.1. The Kier molecular flexibility index (Phi) is 9.77. The number of hydrogen-bond donors (Lipinski definition) is 5. The lowest BCUT2D eigenvalue weighted by Crippen LogP contribution is -2.55. The Morgan fingerprint density at radius 1 is 1.28 bits per heavy atom. The highest BCUT2D eigenvalue weighted by Crippen LogP contribution is 2.18. The first-order valence-corrected chi connectivity index (χ1v) is 12.6. The second-order valence-electron chi connectivity index (χ2n) is 8.43. The number of benzene rings is 1. The lowest BCUT2D eigenvalue weighted by molar-refractivity contribution is -0.133. The van der Waals surface area contributed by atoms with E-state index in [2.05, 4.69) is 26.3 Å². The van der Waals surface area contributed by atoms with Crippen LogP contribution in [-0.2, 0) is 20.8 Å². The maximum absolute atomic E-state index is 13.0. The number of carbonyl (C=O) groups excluding carboxylic acids is 4. The Labute approximate surface area is 213 Å². The van der Waals surface area contributed by atoms with Crippen LogP contribution in [0, 0.1) is 6.92 Å². The van der Waals surface area contributed by atoms with Crippen LogP contribution in [-0.4, -0.2) is 71.6 Å². The van der Waals surface area contributed by atoms with Crippen LogP contribution in [0.15, 0.2) is 29.6 Å². The molecule has 11 nitrogen and oxygen atoms in total. The second-order valence-corrected chi connectivity index (χ2v) is 9.37. The van der Waals surface area contributed by atoms with Crippen molar-refractivity contribution in [3.63, 3.8) is 0 Å². The fraction of sp³-hybridized carbons (Fsp3) is 0.458. The van der Waals surface area contributed by atoms with Crippen LogP contribution >= 0.6 is 11.3 Å². The Bertz CT molecular complexity index is 1090. The van der Waals surface area contributed by atoms with E-state index < -0.39 is 48.2 Å². The summed E-state index contributed by atoms with van der Waals surface area (Å²) in [5.74, 6) is -2.11. The molecule has 0 unspecified atom stereocenters. The molecule has 36 heavy (non-hydrogen) atoms. The van der Waals surface area contributed by atoms with Crippen molar-refractivity contribution < 1.29 is 29.0 Å². The third kappa shape index (κ3) is 7.75. The minimum absolute atomic E-state index is 0.0546. The summed E-state index contributed by atoms with van der Waals surface area (Å²) in [6, 6.07) is 4.05. The Balaban J connectivity index is 1.74. The van der Waals surface area contributed by atoms with Crippen LogP contribution in [0.2, 0.25) is 0 Å². The number of rotatable bonds is 6. The number of aliphatic hydroxyl groups excluding tert-OH is 1. The number of thiazole rings is 1. The molecule has 0 fully saturated rings. The number of aryl methyl sites for hydroxylation is 2. The molecule has 4 amide bonds.